The van der Waals surface area contributed by atoms with Gasteiger partial charge in [-0.25, -0.2) is 4.79 Å². The summed E-state index contributed by atoms with van der Waals surface area (Å²) in [4.78, 5) is 12.9. The van der Waals surface area contributed by atoms with Crippen molar-refractivity contribution in [3.8, 4) is 5.75 Å². The van der Waals surface area contributed by atoms with E-state index < -0.39 is 6.09 Å². The van der Waals surface area contributed by atoms with Crippen molar-refractivity contribution in [2.75, 3.05) is 26.2 Å². The van der Waals surface area contributed by atoms with E-state index in [1.165, 1.54) is 4.90 Å². The number of piperazine rings is 1. The molecule has 3 rings (SSSR count). The number of nitrogens with one attached hydrogen (secondary N) is 1. The third kappa shape index (κ3) is 6.31. The van der Waals surface area contributed by atoms with Crippen LogP contribution in [0.25, 0.3) is 0 Å². The Hall–Kier alpha value is -1.95. The average molecular weight is 411 g/mol. The van der Waals surface area contributed by atoms with E-state index in [0.29, 0.717) is 32.7 Å². The van der Waals surface area contributed by atoms with Gasteiger partial charge in [-0.3, -0.25) is 0 Å². The standard InChI is InChI=1S/C20H23ClN2O3.ClH/c21-17-5-1-3-15(11-17)7-10-26-19-6-2-4-16(13-19)12-18-14-22-8-9-23(18)20(24)25;/h1-6,11,13,18,22H,7-10,12,14H2,(H,24,25);1H. The molecule has 0 radical (unpaired) electrons. The van der Waals surface area contributed by atoms with Crippen molar-refractivity contribution >= 4 is 30.1 Å². The maximum absolute atomic E-state index is 11.4. The van der Waals surface area contributed by atoms with Gasteiger partial charge in [0.05, 0.1) is 12.6 Å². The highest BCUT2D eigenvalue weighted by molar-refractivity contribution is 6.30. The zero-order valence-corrected chi connectivity index (χ0v) is 16.5. The average Bonchev–Trinajstić information content (AvgIpc) is 2.62. The van der Waals surface area contributed by atoms with Gasteiger partial charge >= 0.3 is 6.09 Å². The first kappa shape index (κ1) is 21.4. The van der Waals surface area contributed by atoms with E-state index in [2.05, 4.69) is 5.32 Å². The number of benzene rings is 2. The summed E-state index contributed by atoms with van der Waals surface area (Å²) >= 11 is 6.00. The molecule has 1 amide bonds. The van der Waals surface area contributed by atoms with Crippen LogP contribution in [0.2, 0.25) is 5.02 Å². The molecule has 1 aliphatic heterocycles. The van der Waals surface area contributed by atoms with Gasteiger partial charge in [0.15, 0.2) is 0 Å². The number of carboxylic acid groups (broad SMARTS) is 1. The van der Waals surface area contributed by atoms with Crippen molar-refractivity contribution in [1.82, 2.24) is 10.2 Å². The zero-order chi connectivity index (χ0) is 18.4. The molecule has 1 saturated heterocycles. The fourth-order valence-electron chi connectivity index (χ4n) is 3.21. The number of ether oxygens (including phenoxy) is 1. The Morgan fingerprint density at radius 2 is 2.00 bits per heavy atom. The van der Waals surface area contributed by atoms with Crippen molar-refractivity contribution in [1.29, 1.82) is 0 Å². The molecular weight excluding hydrogens is 387 g/mol. The minimum atomic E-state index is -0.856. The Labute approximate surface area is 170 Å². The fourth-order valence-corrected chi connectivity index (χ4v) is 3.42. The summed E-state index contributed by atoms with van der Waals surface area (Å²) in [6.45, 7) is 2.47. The van der Waals surface area contributed by atoms with Gasteiger partial charge in [-0.15, -0.1) is 12.4 Å². The summed E-state index contributed by atoms with van der Waals surface area (Å²) in [6, 6.07) is 15.6. The third-order valence-corrected chi connectivity index (χ3v) is 4.75. The lowest BCUT2D eigenvalue weighted by Crippen LogP contribution is -2.54. The fraction of sp³-hybridized carbons (Fsp3) is 0.350. The lowest BCUT2D eigenvalue weighted by Gasteiger charge is -2.34. The van der Waals surface area contributed by atoms with Gasteiger partial charge < -0.3 is 20.1 Å². The van der Waals surface area contributed by atoms with Crippen LogP contribution in [-0.4, -0.2) is 48.4 Å². The second kappa shape index (κ2) is 10.4. The first-order valence-corrected chi connectivity index (χ1v) is 9.16. The molecule has 0 aromatic heterocycles. The summed E-state index contributed by atoms with van der Waals surface area (Å²) < 4.78 is 5.87. The van der Waals surface area contributed by atoms with E-state index in [1.54, 1.807) is 0 Å². The first-order valence-electron chi connectivity index (χ1n) is 8.78. The molecule has 2 N–H and O–H groups in total. The third-order valence-electron chi connectivity index (χ3n) is 4.51. The van der Waals surface area contributed by atoms with Crippen LogP contribution in [0.5, 0.6) is 5.75 Å². The van der Waals surface area contributed by atoms with Crippen molar-refractivity contribution in [3.63, 3.8) is 0 Å². The Morgan fingerprint density at radius 3 is 2.78 bits per heavy atom. The van der Waals surface area contributed by atoms with E-state index >= 15 is 0 Å². The maximum Gasteiger partial charge on any atom is 0.407 e. The molecule has 1 atom stereocenters. The number of rotatable bonds is 6. The van der Waals surface area contributed by atoms with E-state index in [-0.39, 0.29) is 18.4 Å². The Morgan fingerprint density at radius 1 is 1.22 bits per heavy atom. The molecule has 7 heteroatoms. The number of halogens is 2. The van der Waals surface area contributed by atoms with Gasteiger partial charge in [0.25, 0.3) is 0 Å². The smallest absolute Gasteiger partial charge is 0.407 e. The maximum atomic E-state index is 11.4. The highest BCUT2D eigenvalue weighted by Crippen LogP contribution is 2.18. The Kier molecular flexibility index (Phi) is 8.23. The molecule has 27 heavy (non-hydrogen) atoms. The van der Waals surface area contributed by atoms with E-state index in [4.69, 9.17) is 16.3 Å². The van der Waals surface area contributed by atoms with Crippen LogP contribution < -0.4 is 10.1 Å². The molecule has 1 aliphatic rings. The molecule has 2 aromatic carbocycles. The van der Waals surface area contributed by atoms with Crippen molar-refractivity contribution in [2.45, 2.75) is 18.9 Å². The molecule has 1 unspecified atom stereocenters. The predicted octanol–water partition coefficient (Wildman–Crippen LogP) is 3.88. The van der Waals surface area contributed by atoms with Crippen LogP contribution in [0, 0.1) is 0 Å². The van der Waals surface area contributed by atoms with E-state index in [9.17, 15) is 9.90 Å². The molecule has 1 fully saturated rings. The van der Waals surface area contributed by atoms with Crippen LogP contribution in [0.3, 0.4) is 0 Å². The summed E-state index contributed by atoms with van der Waals surface area (Å²) in [5.41, 5.74) is 2.21. The molecule has 2 aromatic rings. The van der Waals surface area contributed by atoms with Gasteiger partial charge in [-0.05, 0) is 41.8 Å². The first-order chi connectivity index (χ1) is 12.6. The van der Waals surface area contributed by atoms with Gasteiger partial charge in [-0.1, -0.05) is 35.9 Å². The number of hydrogen-bond acceptors (Lipinski definition) is 3. The predicted molar refractivity (Wildman–Crippen MR) is 109 cm³/mol. The van der Waals surface area contributed by atoms with Crippen molar-refractivity contribution < 1.29 is 14.6 Å². The topological polar surface area (TPSA) is 61.8 Å². The quantitative estimate of drug-likeness (QED) is 0.758. The molecule has 0 bridgehead atoms. The van der Waals surface area contributed by atoms with Crippen molar-refractivity contribution in [3.05, 3.63) is 64.7 Å². The number of hydrogen-bond donors (Lipinski definition) is 2. The highest BCUT2D eigenvalue weighted by atomic mass is 35.5. The zero-order valence-electron chi connectivity index (χ0n) is 14.9. The molecule has 0 aliphatic carbocycles. The summed E-state index contributed by atoms with van der Waals surface area (Å²) in [5.74, 6) is 0.801. The van der Waals surface area contributed by atoms with Crippen LogP contribution >= 0.6 is 24.0 Å². The van der Waals surface area contributed by atoms with Crippen LogP contribution in [-0.2, 0) is 12.8 Å². The largest absolute Gasteiger partial charge is 0.493 e. The lowest BCUT2D eigenvalue weighted by molar-refractivity contribution is 0.112. The minimum absolute atomic E-state index is 0. The van der Waals surface area contributed by atoms with Gasteiger partial charge in [0.2, 0.25) is 0 Å². The summed E-state index contributed by atoms with van der Waals surface area (Å²) in [6.07, 6.45) is 0.597. The van der Waals surface area contributed by atoms with E-state index in [1.807, 2.05) is 48.5 Å². The Balaban J connectivity index is 0.00000261. The molecule has 146 valence electrons. The normalized spacial score (nSPS) is 16.5. The van der Waals surface area contributed by atoms with Crippen LogP contribution in [0.15, 0.2) is 48.5 Å². The monoisotopic (exact) mass is 410 g/mol. The summed E-state index contributed by atoms with van der Waals surface area (Å²) in [7, 11) is 0. The van der Waals surface area contributed by atoms with Crippen LogP contribution in [0.4, 0.5) is 4.79 Å². The van der Waals surface area contributed by atoms with Crippen molar-refractivity contribution in [2.24, 2.45) is 0 Å². The molecule has 5 nitrogen and oxygen atoms in total. The van der Waals surface area contributed by atoms with E-state index in [0.717, 1.165) is 28.3 Å². The molecule has 0 spiro atoms. The molecular formula is C20H24Cl2N2O3. The highest BCUT2D eigenvalue weighted by Gasteiger charge is 2.26. The second-order valence-corrected chi connectivity index (χ2v) is 6.85. The Bertz CT molecular complexity index is 758. The molecule has 1 heterocycles. The minimum Gasteiger partial charge on any atom is -0.493 e. The van der Waals surface area contributed by atoms with Gasteiger partial charge in [0, 0.05) is 31.1 Å². The SMILES string of the molecule is Cl.O=C(O)N1CCNCC1Cc1cccc(OCCc2cccc(Cl)c2)c1. The molecule has 0 saturated carbocycles. The second-order valence-electron chi connectivity index (χ2n) is 6.41. The van der Waals surface area contributed by atoms with Gasteiger partial charge in [0.1, 0.15) is 5.75 Å². The number of amides is 1. The van der Waals surface area contributed by atoms with Crippen LogP contribution in [0.1, 0.15) is 11.1 Å². The van der Waals surface area contributed by atoms with Gasteiger partial charge in [-0.2, -0.15) is 0 Å². The number of nitrogens with zero attached hydrogens (tertiary/aromatic N) is 1. The lowest BCUT2D eigenvalue weighted by atomic mass is 10.0. The number of carbonyl (C=O) groups is 1. The summed E-state index contributed by atoms with van der Waals surface area (Å²) in [5, 5.41) is 13.3.